The number of rotatable bonds is 2. The highest BCUT2D eigenvalue weighted by molar-refractivity contribution is 6.30. The molecular weight excluding hydrogens is 245 g/mol. The average Bonchev–Trinajstić information content (AvgIpc) is 2.70. The molecule has 1 aromatic rings. The van der Waals surface area contributed by atoms with Crippen LogP contribution in [-0.4, -0.2) is 17.0 Å². The first kappa shape index (κ1) is 11.3. The normalized spacial score (nSPS) is 26.5. The summed E-state index contributed by atoms with van der Waals surface area (Å²) >= 11 is 5.46. The van der Waals surface area contributed by atoms with Gasteiger partial charge in [0.2, 0.25) is 0 Å². The maximum atomic E-state index is 13.4. The molecule has 1 aliphatic carbocycles. The van der Waals surface area contributed by atoms with Crippen molar-refractivity contribution in [1.29, 1.82) is 0 Å². The summed E-state index contributed by atoms with van der Waals surface area (Å²) in [5, 5.41) is 8.84. The topological polar surface area (TPSA) is 37.3 Å². The lowest BCUT2D eigenvalue weighted by Crippen LogP contribution is -2.28. The van der Waals surface area contributed by atoms with E-state index in [4.69, 9.17) is 16.7 Å². The van der Waals surface area contributed by atoms with Crippen molar-refractivity contribution in [2.45, 2.75) is 17.8 Å². The molecule has 86 valence electrons. The van der Waals surface area contributed by atoms with Gasteiger partial charge >= 0.3 is 5.97 Å². The van der Waals surface area contributed by atoms with Crippen molar-refractivity contribution < 1.29 is 23.1 Å². The van der Waals surface area contributed by atoms with Crippen LogP contribution in [0.15, 0.2) is 18.2 Å². The van der Waals surface area contributed by atoms with Gasteiger partial charge in [-0.05, 0) is 12.1 Å². The Kier molecular flexibility index (Phi) is 2.21. The Bertz CT molecular complexity index is 475. The minimum absolute atomic E-state index is 0.0331. The maximum absolute atomic E-state index is 13.4. The van der Waals surface area contributed by atoms with Gasteiger partial charge in [0.05, 0.1) is 0 Å². The second-order valence-electron chi connectivity index (χ2n) is 3.72. The summed E-state index contributed by atoms with van der Waals surface area (Å²) < 4.78 is 39.6. The Hall–Kier alpha value is -1.23. The zero-order valence-corrected chi connectivity index (χ0v) is 8.56. The Morgan fingerprint density at radius 1 is 1.44 bits per heavy atom. The van der Waals surface area contributed by atoms with Gasteiger partial charge in [-0.3, -0.25) is 4.79 Å². The number of halogens is 4. The van der Waals surface area contributed by atoms with Gasteiger partial charge < -0.3 is 5.11 Å². The number of alkyl halides is 2. The summed E-state index contributed by atoms with van der Waals surface area (Å²) in [4.78, 5) is 10.9. The SMILES string of the molecule is O=C(O)C1(c2ccc(Cl)cc2F)CC1(F)F. The van der Waals surface area contributed by atoms with Crippen LogP contribution in [0.4, 0.5) is 13.2 Å². The van der Waals surface area contributed by atoms with Gasteiger partial charge in [-0.1, -0.05) is 17.7 Å². The van der Waals surface area contributed by atoms with E-state index < -0.39 is 35.1 Å². The van der Waals surface area contributed by atoms with Gasteiger partial charge in [0.25, 0.3) is 5.92 Å². The third-order valence-electron chi connectivity index (χ3n) is 2.74. The molecule has 6 heteroatoms. The summed E-state index contributed by atoms with van der Waals surface area (Å²) in [6.45, 7) is 0. The molecule has 1 saturated carbocycles. The number of benzene rings is 1. The number of carboxylic acid groups (broad SMARTS) is 1. The molecular formula is C10H6ClF3O2. The van der Waals surface area contributed by atoms with Crippen molar-refractivity contribution in [3.8, 4) is 0 Å². The fraction of sp³-hybridized carbons (Fsp3) is 0.300. The van der Waals surface area contributed by atoms with Crippen LogP contribution in [0.3, 0.4) is 0 Å². The Labute approximate surface area is 93.6 Å². The summed E-state index contributed by atoms with van der Waals surface area (Å²) in [5.74, 6) is -6.15. The van der Waals surface area contributed by atoms with Crippen LogP contribution >= 0.6 is 11.6 Å². The Morgan fingerprint density at radius 3 is 2.38 bits per heavy atom. The standard InChI is InChI=1S/C10H6ClF3O2/c11-5-1-2-6(7(12)3-5)9(8(15)16)4-10(9,13)14/h1-3H,4H2,(H,15,16). The van der Waals surface area contributed by atoms with E-state index in [1.807, 2.05) is 0 Å². The van der Waals surface area contributed by atoms with E-state index >= 15 is 0 Å². The predicted molar refractivity (Wildman–Crippen MR) is 50.3 cm³/mol. The fourth-order valence-corrected chi connectivity index (χ4v) is 1.92. The molecule has 0 aliphatic heterocycles. The van der Waals surface area contributed by atoms with Gasteiger partial charge in [0, 0.05) is 17.0 Å². The third-order valence-corrected chi connectivity index (χ3v) is 2.98. The first-order chi connectivity index (χ1) is 7.31. The van der Waals surface area contributed by atoms with Crippen molar-refractivity contribution in [2.75, 3.05) is 0 Å². The lowest BCUT2D eigenvalue weighted by atomic mass is 9.95. The molecule has 0 heterocycles. The van der Waals surface area contributed by atoms with Crippen molar-refractivity contribution in [3.63, 3.8) is 0 Å². The largest absolute Gasteiger partial charge is 0.480 e. The average molecular weight is 251 g/mol. The molecule has 2 nitrogen and oxygen atoms in total. The minimum Gasteiger partial charge on any atom is -0.480 e. The number of carboxylic acids is 1. The predicted octanol–water partition coefficient (Wildman–Crippen LogP) is 2.84. The van der Waals surface area contributed by atoms with Gasteiger partial charge in [0.15, 0.2) is 5.41 Å². The zero-order valence-electron chi connectivity index (χ0n) is 7.81. The van der Waals surface area contributed by atoms with Gasteiger partial charge in [-0.25, -0.2) is 13.2 Å². The lowest BCUT2D eigenvalue weighted by Gasteiger charge is -2.12. The number of hydrogen-bond donors (Lipinski definition) is 1. The van der Waals surface area contributed by atoms with Crippen LogP contribution in [0.2, 0.25) is 5.02 Å². The van der Waals surface area contributed by atoms with Gasteiger partial charge in [-0.2, -0.15) is 0 Å². The van der Waals surface area contributed by atoms with Crippen LogP contribution in [0.1, 0.15) is 12.0 Å². The molecule has 2 rings (SSSR count). The van der Waals surface area contributed by atoms with Crippen LogP contribution < -0.4 is 0 Å². The number of aliphatic carboxylic acids is 1. The van der Waals surface area contributed by atoms with Crippen molar-refractivity contribution in [3.05, 3.63) is 34.6 Å². The molecule has 1 aliphatic rings. The molecule has 0 radical (unpaired) electrons. The number of carbonyl (C=O) groups is 1. The summed E-state index contributed by atoms with van der Waals surface area (Å²) in [7, 11) is 0. The molecule has 0 saturated heterocycles. The van der Waals surface area contributed by atoms with Crippen molar-refractivity contribution in [1.82, 2.24) is 0 Å². The molecule has 1 aromatic carbocycles. The molecule has 1 fully saturated rings. The second-order valence-corrected chi connectivity index (χ2v) is 4.15. The number of hydrogen-bond acceptors (Lipinski definition) is 1. The molecule has 16 heavy (non-hydrogen) atoms. The Morgan fingerprint density at radius 2 is 2.00 bits per heavy atom. The molecule has 0 amide bonds. The molecule has 0 spiro atoms. The van der Waals surface area contributed by atoms with Crippen molar-refractivity contribution in [2.24, 2.45) is 0 Å². The van der Waals surface area contributed by atoms with Gasteiger partial charge in [-0.15, -0.1) is 0 Å². The van der Waals surface area contributed by atoms with E-state index in [0.29, 0.717) is 0 Å². The first-order valence-corrected chi connectivity index (χ1v) is 4.76. The molecule has 0 bridgehead atoms. The highest BCUT2D eigenvalue weighted by Crippen LogP contribution is 2.62. The smallest absolute Gasteiger partial charge is 0.320 e. The summed E-state index contributed by atoms with van der Waals surface area (Å²) in [5.41, 5.74) is -2.95. The van der Waals surface area contributed by atoms with E-state index in [-0.39, 0.29) is 5.02 Å². The van der Waals surface area contributed by atoms with Crippen LogP contribution in [-0.2, 0) is 10.2 Å². The summed E-state index contributed by atoms with van der Waals surface area (Å²) in [6, 6.07) is 3.02. The van der Waals surface area contributed by atoms with E-state index in [0.717, 1.165) is 12.1 Å². The zero-order chi connectivity index (χ0) is 12.1. The maximum Gasteiger partial charge on any atom is 0.320 e. The third kappa shape index (κ3) is 1.31. The van der Waals surface area contributed by atoms with Crippen LogP contribution in [0.25, 0.3) is 0 Å². The molecule has 0 aromatic heterocycles. The Balaban J connectivity index is 2.56. The molecule has 1 N–H and O–H groups in total. The monoisotopic (exact) mass is 250 g/mol. The van der Waals surface area contributed by atoms with Gasteiger partial charge in [0.1, 0.15) is 5.82 Å². The highest BCUT2D eigenvalue weighted by Gasteiger charge is 2.78. The molecule has 1 atom stereocenters. The second kappa shape index (κ2) is 3.13. The van der Waals surface area contributed by atoms with Crippen LogP contribution in [0.5, 0.6) is 0 Å². The van der Waals surface area contributed by atoms with Crippen molar-refractivity contribution >= 4 is 17.6 Å². The quantitative estimate of drug-likeness (QED) is 0.876. The lowest BCUT2D eigenvalue weighted by molar-refractivity contribution is -0.143. The first-order valence-electron chi connectivity index (χ1n) is 4.38. The fourth-order valence-electron chi connectivity index (χ4n) is 1.76. The van der Waals surface area contributed by atoms with E-state index in [2.05, 4.69) is 0 Å². The minimum atomic E-state index is -3.41. The molecule has 1 unspecified atom stereocenters. The van der Waals surface area contributed by atoms with Crippen LogP contribution in [0, 0.1) is 5.82 Å². The highest BCUT2D eigenvalue weighted by atomic mass is 35.5. The van der Waals surface area contributed by atoms with E-state index in [9.17, 15) is 18.0 Å². The van der Waals surface area contributed by atoms with E-state index in [1.54, 1.807) is 0 Å². The summed E-state index contributed by atoms with van der Waals surface area (Å²) in [6.07, 6.45) is -0.881. The van der Waals surface area contributed by atoms with E-state index in [1.165, 1.54) is 6.07 Å².